The molecule has 1 unspecified atom stereocenters. The SMILES string of the molecule is C[C@H]1OC(=O)[C@@H]2C[C@@H]3CC(NCC#N)CC[C@H]3[C@H](/C=C/c3ccc(-c4cccc(F)c4)cn3)[C@H]12. The fraction of sp³-hybridized carbons (Fsp3) is 0.464. The second-order valence-corrected chi connectivity index (χ2v) is 9.95. The second kappa shape index (κ2) is 9.68. The number of carbonyl (C=O) groups excluding carboxylic acids is 1. The number of pyridine rings is 1. The van der Waals surface area contributed by atoms with Gasteiger partial charge in [0.25, 0.3) is 0 Å². The summed E-state index contributed by atoms with van der Waals surface area (Å²) >= 11 is 0. The molecule has 0 spiro atoms. The van der Waals surface area contributed by atoms with Crippen molar-refractivity contribution in [2.24, 2.45) is 29.6 Å². The van der Waals surface area contributed by atoms with Crippen LogP contribution in [0.2, 0.25) is 0 Å². The molecule has 2 aromatic rings. The number of hydrogen-bond acceptors (Lipinski definition) is 5. The van der Waals surface area contributed by atoms with Gasteiger partial charge in [-0.1, -0.05) is 24.3 Å². The molecule has 0 bridgehead atoms. The number of nitrogens with one attached hydrogen (secondary N) is 1. The van der Waals surface area contributed by atoms with Crippen LogP contribution in [0.5, 0.6) is 0 Å². The van der Waals surface area contributed by atoms with Gasteiger partial charge in [0, 0.05) is 23.7 Å². The number of nitriles is 1. The molecular formula is C28H30FN3O2. The van der Waals surface area contributed by atoms with Crippen LogP contribution in [0.1, 0.15) is 38.3 Å². The van der Waals surface area contributed by atoms with Gasteiger partial charge >= 0.3 is 5.97 Å². The van der Waals surface area contributed by atoms with E-state index in [4.69, 9.17) is 10.00 Å². The first kappa shape index (κ1) is 22.7. The van der Waals surface area contributed by atoms with E-state index in [-0.39, 0.29) is 35.6 Å². The van der Waals surface area contributed by atoms with E-state index in [9.17, 15) is 9.18 Å². The molecule has 3 aliphatic rings. The first-order chi connectivity index (χ1) is 16.5. The Morgan fingerprint density at radius 2 is 2.12 bits per heavy atom. The molecule has 2 saturated carbocycles. The van der Waals surface area contributed by atoms with Crippen LogP contribution in [0.15, 0.2) is 48.7 Å². The molecule has 34 heavy (non-hydrogen) atoms. The highest BCUT2D eigenvalue weighted by molar-refractivity contribution is 5.75. The number of hydrogen-bond donors (Lipinski definition) is 1. The van der Waals surface area contributed by atoms with Gasteiger partial charge in [0.15, 0.2) is 0 Å². The first-order valence-corrected chi connectivity index (χ1v) is 12.2. The van der Waals surface area contributed by atoms with Gasteiger partial charge in [-0.3, -0.25) is 9.78 Å². The lowest BCUT2D eigenvalue weighted by atomic mass is 9.57. The van der Waals surface area contributed by atoms with Crippen molar-refractivity contribution in [3.05, 3.63) is 60.2 Å². The zero-order valence-corrected chi connectivity index (χ0v) is 19.4. The predicted molar refractivity (Wildman–Crippen MR) is 128 cm³/mol. The molecule has 0 amide bonds. The van der Waals surface area contributed by atoms with Gasteiger partial charge in [-0.25, -0.2) is 4.39 Å². The van der Waals surface area contributed by atoms with E-state index in [1.807, 2.05) is 25.1 Å². The number of allylic oxidation sites excluding steroid dienone is 1. The number of benzene rings is 1. The molecule has 6 heteroatoms. The standard InChI is InChI=1S/C28H30FN3O2/c1-17-27-25(10-7-22-6-5-19(16-32-22)18-3-2-4-21(29)13-18)24-9-8-23(31-12-11-30)14-20(24)15-26(27)28(33)34-17/h2-7,10,13,16-17,20,23-27,31H,8-9,12,14-15H2,1H3/b10-7+/t17-,20+,23?,24-,25+,26-,27+/m1/s1. The van der Waals surface area contributed by atoms with Crippen LogP contribution in [-0.4, -0.2) is 29.6 Å². The zero-order chi connectivity index (χ0) is 23.7. The summed E-state index contributed by atoms with van der Waals surface area (Å²) < 4.78 is 19.2. The van der Waals surface area contributed by atoms with Crippen molar-refractivity contribution in [3.63, 3.8) is 0 Å². The van der Waals surface area contributed by atoms with Crippen LogP contribution < -0.4 is 5.32 Å². The van der Waals surface area contributed by atoms with Crippen LogP contribution in [0.3, 0.4) is 0 Å². The van der Waals surface area contributed by atoms with Gasteiger partial charge < -0.3 is 10.1 Å². The number of cyclic esters (lactones) is 1. The molecule has 5 nitrogen and oxygen atoms in total. The van der Waals surface area contributed by atoms with Crippen molar-refractivity contribution in [1.82, 2.24) is 10.3 Å². The van der Waals surface area contributed by atoms with Gasteiger partial charge in [-0.2, -0.15) is 5.26 Å². The monoisotopic (exact) mass is 459 g/mol. The normalized spacial score (nSPS) is 32.6. The van der Waals surface area contributed by atoms with E-state index >= 15 is 0 Å². The number of carbonyl (C=O) groups is 1. The van der Waals surface area contributed by atoms with Crippen molar-refractivity contribution in [2.45, 2.75) is 44.8 Å². The number of ether oxygens (including phenoxy) is 1. The molecular weight excluding hydrogens is 429 g/mol. The van der Waals surface area contributed by atoms with E-state index < -0.39 is 0 Å². The summed E-state index contributed by atoms with van der Waals surface area (Å²) in [6.45, 7) is 2.39. The average molecular weight is 460 g/mol. The third-order valence-electron chi connectivity index (χ3n) is 8.05. The lowest BCUT2D eigenvalue weighted by Gasteiger charge is -2.47. The number of rotatable bonds is 5. The van der Waals surface area contributed by atoms with Crippen molar-refractivity contribution >= 4 is 12.0 Å². The molecule has 1 saturated heterocycles. The molecule has 7 atom stereocenters. The minimum absolute atomic E-state index is 0.0519. The second-order valence-electron chi connectivity index (χ2n) is 9.95. The molecule has 176 valence electrons. The van der Waals surface area contributed by atoms with E-state index in [1.54, 1.807) is 12.3 Å². The smallest absolute Gasteiger partial charge is 0.309 e. The van der Waals surface area contributed by atoms with Gasteiger partial charge in [-0.05, 0) is 80.2 Å². The molecule has 1 N–H and O–H groups in total. The molecule has 2 heterocycles. The predicted octanol–water partition coefficient (Wildman–Crippen LogP) is 5.00. The molecule has 1 aromatic carbocycles. The Bertz CT molecular complexity index is 1110. The maximum absolute atomic E-state index is 13.6. The number of nitrogens with zero attached hydrogens (tertiary/aromatic N) is 2. The molecule has 1 aromatic heterocycles. The minimum Gasteiger partial charge on any atom is -0.462 e. The maximum Gasteiger partial charge on any atom is 0.309 e. The summed E-state index contributed by atoms with van der Waals surface area (Å²) in [4.78, 5) is 17.2. The highest BCUT2D eigenvalue weighted by Gasteiger charge is 2.54. The van der Waals surface area contributed by atoms with Crippen molar-refractivity contribution in [2.75, 3.05) is 6.54 Å². The Morgan fingerprint density at radius 1 is 1.24 bits per heavy atom. The topological polar surface area (TPSA) is 75.0 Å². The fourth-order valence-electron chi connectivity index (χ4n) is 6.54. The van der Waals surface area contributed by atoms with Gasteiger partial charge in [-0.15, -0.1) is 0 Å². The molecule has 3 fully saturated rings. The Balaban J connectivity index is 1.36. The van der Waals surface area contributed by atoms with Crippen molar-refractivity contribution in [3.8, 4) is 17.2 Å². The lowest BCUT2D eigenvalue weighted by Crippen LogP contribution is -2.47. The zero-order valence-electron chi connectivity index (χ0n) is 19.4. The van der Waals surface area contributed by atoms with Gasteiger partial charge in [0.2, 0.25) is 0 Å². The number of halogens is 1. The largest absolute Gasteiger partial charge is 0.462 e. The van der Waals surface area contributed by atoms with Crippen LogP contribution >= 0.6 is 0 Å². The van der Waals surface area contributed by atoms with E-state index in [0.29, 0.717) is 24.4 Å². The summed E-state index contributed by atoms with van der Waals surface area (Å²) in [6.07, 6.45) is 10.0. The quantitative estimate of drug-likeness (QED) is 0.503. The highest BCUT2D eigenvalue weighted by Crippen LogP contribution is 2.53. The Morgan fingerprint density at radius 3 is 2.88 bits per heavy atom. The van der Waals surface area contributed by atoms with Crippen LogP contribution in [-0.2, 0) is 9.53 Å². The molecule has 2 aliphatic carbocycles. The molecule has 0 radical (unpaired) electrons. The van der Waals surface area contributed by atoms with E-state index in [2.05, 4.69) is 28.5 Å². The molecule has 1 aliphatic heterocycles. The van der Waals surface area contributed by atoms with Gasteiger partial charge in [0.05, 0.1) is 24.2 Å². The maximum atomic E-state index is 13.6. The lowest BCUT2D eigenvalue weighted by molar-refractivity contribution is -0.144. The fourth-order valence-corrected chi connectivity index (χ4v) is 6.54. The summed E-state index contributed by atoms with van der Waals surface area (Å²) in [5.74, 6) is 1.03. The third-order valence-corrected chi connectivity index (χ3v) is 8.05. The molecule has 5 rings (SSSR count). The van der Waals surface area contributed by atoms with E-state index in [0.717, 1.165) is 42.5 Å². The minimum atomic E-state index is -0.261. The van der Waals surface area contributed by atoms with Crippen LogP contribution in [0.4, 0.5) is 4.39 Å². The number of esters is 1. The Labute approximate surface area is 200 Å². The van der Waals surface area contributed by atoms with Crippen LogP contribution in [0, 0.1) is 46.7 Å². The third kappa shape index (κ3) is 4.50. The van der Waals surface area contributed by atoms with Crippen molar-refractivity contribution in [1.29, 1.82) is 5.26 Å². The number of fused-ring (bicyclic) bond motifs is 2. The summed E-state index contributed by atoms with van der Waals surface area (Å²) in [5.41, 5.74) is 2.53. The van der Waals surface area contributed by atoms with Crippen molar-refractivity contribution < 1.29 is 13.9 Å². The van der Waals surface area contributed by atoms with Gasteiger partial charge in [0.1, 0.15) is 11.9 Å². The summed E-state index contributed by atoms with van der Waals surface area (Å²) in [5, 5.41) is 12.3. The summed E-state index contributed by atoms with van der Waals surface area (Å²) in [7, 11) is 0. The Kier molecular flexibility index (Phi) is 6.47. The first-order valence-electron chi connectivity index (χ1n) is 12.2. The average Bonchev–Trinajstić information content (AvgIpc) is 3.13. The van der Waals surface area contributed by atoms with E-state index in [1.165, 1.54) is 12.1 Å². The van der Waals surface area contributed by atoms with Crippen LogP contribution in [0.25, 0.3) is 17.2 Å². The number of aromatic nitrogens is 1. The highest BCUT2D eigenvalue weighted by atomic mass is 19.1. The summed E-state index contributed by atoms with van der Waals surface area (Å²) in [6, 6.07) is 13.0. The Hall–Kier alpha value is -3.04.